The molecule has 162 valence electrons. The van der Waals surface area contributed by atoms with Gasteiger partial charge in [-0.3, -0.25) is 0 Å². The van der Waals surface area contributed by atoms with Crippen LogP contribution in [-0.4, -0.2) is 41.3 Å². The van der Waals surface area contributed by atoms with Crippen molar-refractivity contribution in [3.05, 3.63) is 60.3 Å². The molecule has 0 aliphatic heterocycles. The van der Waals surface area contributed by atoms with Crippen molar-refractivity contribution in [2.24, 2.45) is 0 Å². The summed E-state index contributed by atoms with van der Waals surface area (Å²) in [6.45, 7) is 0.726. The molecule has 1 fully saturated rings. The third-order valence-corrected chi connectivity index (χ3v) is 6.08. The van der Waals surface area contributed by atoms with Gasteiger partial charge in [-0.05, 0) is 60.3 Å². The average Bonchev–Trinajstić information content (AvgIpc) is 2.79. The molecule has 0 bridgehead atoms. The summed E-state index contributed by atoms with van der Waals surface area (Å²) in [5, 5.41) is 13.6. The zero-order chi connectivity index (χ0) is 21.6. The number of fused-ring (bicyclic) bond motifs is 1. The molecule has 1 heterocycles. The monoisotopic (exact) mass is 434 g/mol. The Hall–Kier alpha value is -2.93. The number of anilines is 2. The van der Waals surface area contributed by atoms with Crippen molar-refractivity contribution in [2.45, 2.75) is 44.3 Å². The lowest BCUT2D eigenvalue weighted by molar-refractivity contribution is 0.385. The van der Waals surface area contributed by atoms with Crippen molar-refractivity contribution in [1.29, 1.82) is 0 Å². The molecule has 0 amide bonds. The molecule has 3 aromatic rings. The van der Waals surface area contributed by atoms with Crippen LogP contribution in [0.25, 0.3) is 10.8 Å². The van der Waals surface area contributed by atoms with E-state index in [0.29, 0.717) is 18.0 Å². The van der Waals surface area contributed by atoms with Crippen LogP contribution in [0.5, 0.6) is 0 Å². The minimum absolute atomic E-state index is 0.396. The predicted molar refractivity (Wildman–Crippen MR) is 133 cm³/mol. The number of hydrogen-bond acceptors (Lipinski definition) is 5. The van der Waals surface area contributed by atoms with Crippen molar-refractivity contribution in [1.82, 2.24) is 20.6 Å². The van der Waals surface area contributed by atoms with E-state index in [1.165, 1.54) is 16.3 Å². The molecule has 4 rings (SSSR count). The smallest absolute Gasteiger partial charge is 0.224 e. The fraction of sp³-hybridized carbons (Fsp3) is 0.375. The molecule has 31 heavy (non-hydrogen) atoms. The van der Waals surface area contributed by atoms with Crippen LogP contribution in [0.4, 0.5) is 11.8 Å². The van der Waals surface area contributed by atoms with Gasteiger partial charge < -0.3 is 20.9 Å². The molecule has 7 heteroatoms. The van der Waals surface area contributed by atoms with Crippen LogP contribution in [-0.2, 0) is 6.54 Å². The van der Waals surface area contributed by atoms with Crippen molar-refractivity contribution in [2.75, 3.05) is 24.3 Å². The Kier molecular flexibility index (Phi) is 6.82. The summed E-state index contributed by atoms with van der Waals surface area (Å²) in [4.78, 5) is 10.9. The molecule has 1 aromatic heterocycles. The maximum absolute atomic E-state index is 5.57. The number of nitrogens with zero attached hydrogens (tertiary/aromatic N) is 3. The topological polar surface area (TPSA) is 65.1 Å². The Morgan fingerprint density at radius 2 is 1.74 bits per heavy atom. The number of benzene rings is 2. The highest BCUT2D eigenvalue weighted by molar-refractivity contribution is 7.80. The first kappa shape index (κ1) is 21.3. The first-order valence-corrected chi connectivity index (χ1v) is 11.3. The van der Waals surface area contributed by atoms with Gasteiger partial charge in [0.2, 0.25) is 5.95 Å². The lowest BCUT2D eigenvalue weighted by atomic mass is 9.91. The van der Waals surface area contributed by atoms with Crippen LogP contribution in [0.1, 0.15) is 31.2 Å². The molecule has 6 nitrogen and oxygen atoms in total. The summed E-state index contributed by atoms with van der Waals surface area (Å²) >= 11 is 5.57. The largest absolute Gasteiger partial charge is 0.363 e. The molecule has 0 unspecified atom stereocenters. The van der Waals surface area contributed by atoms with E-state index < -0.39 is 0 Å². The molecule has 0 spiro atoms. The Balaban J connectivity index is 1.23. The second kappa shape index (κ2) is 9.92. The van der Waals surface area contributed by atoms with Gasteiger partial charge in [0.25, 0.3) is 0 Å². The summed E-state index contributed by atoms with van der Waals surface area (Å²) in [5.74, 6) is 1.62. The third-order valence-electron chi connectivity index (χ3n) is 5.81. The summed E-state index contributed by atoms with van der Waals surface area (Å²) < 4.78 is 0. The van der Waals surface area contributed by atoms with E-state index in [1.807, 2.05) is 25.1 Å². The van der Waals surface area contributed by atoms with E-state index in [-0.39, 0.29) is 0 Å². The highest BCUT2D eigenvalue weighted by atomic mass is 32.1. The molecular weight excluding hydrogens is 404 g/mol. The number of thiocarbonyl (C=S) groups is 1. The van der Waals surface area contributed by atoms with Crippen LogP contribution in [0.3, 0.4) is 0 Å². The second-order valence-electron chi connectivity index (χ2n) is 8.29. The van der Waals surface area contributed by atoms with E-state index in [2.05, 4.69) is 68.4 Å². The first-order valence-electron chi connectivity index (χ1n) is 10.9. The van der Waals surface area contributed by atoms with E-state index in [0.717, 1.165) is 43.2 Å². The molecular formula is C24H30N6S. The molecule has 0 saturated heterocycles. The number of aromatic nitrogens is 2. The quantitative estimate of drug-likeness (QED) is 0.505. The fourth-order valence-corrected chi connectivity index (χ4v) is 4.33. The van der Waals surface area contributed by atoms with Gasteiger partial charge in [0.05, 0.1) is 0 Å². The maximum atomic E-state index is 5.57. The van der Waals surface area contributed by atoms with E-state index in [4.69, 9.17) is 12.2 Å². The lowest BCUT2D eigenvalue weighted by Crippen LogP contribution is -2.44. The SMILES string of the molecule is CN(C)c1ccnc(NC2CCC(NC(=S)NCc3cccc4ccccc34)CC2)n1. The molecule has 3 N–H and O–H groups in total. The van der Waals surface area contributed by atoms with Crippen LogP contribution < -0.4 is 20.9 Å². The predicted octanol–water partition coefficient (Wildman–Crippen LogP) is 4.08. The van der Waals surface area contributed by atoms with Crippen LogP contribution in [0.15, 0.2) is 54.7 Å². The van der Waals surface area contributed by atoms with Crippen LogP contribution >= 0.6 is 12.2 Å². The van der Waals surface area contributed by atoms with Crippen molar-refractivity contribution in [3.63, 3.8) is 0 Å². The van der Waals surface area contributed by atoms with Gasteiger partial charge >= 0.3 is 0 Å². The summed E-state index contributed by atoms with van der Waals surface area (Å²) in [5.41, 5.74) is 1.26. The molecule has 1 saturated carbocycles. The Labute approximate surface area is 189 Å². The highest BCUT2D eigenvalue weighted by Crippen LogP contribution is 2.22. The third kappa shape index (κ3) is 5.61. The number of nitrogens with one attached hydrogen (secondary N) is 3. The van der Waals surface area contributed by atoms with Crippen LogP contribution in [0, 0.1) is 0 Å². The van der Waals surface area contributed by atoms with Gasteiger partial charge in [0, 0.05) is 38.9 Å². The van der Waals surface area contributed by atoms with Crippen molar-refractivity contribution >= 4 is 39.9 Å². The zero-order valence-electron chi connectivity index (χ0n) is 18.1. The normalized spacial score (nSPS) is 18.4. The number of hydrogen-bond donors (Lipinski definition) is 3. The fourth-order valence-electron chi connectivity index (χ4n) is 4.09. The van der Waals surface area contributed by atoms with Crippen molar-refractivity contribution < 1.29 is 0 Å². The summed E-state index contributed by atoms with van der Waals surface area (Å²) in [6, 6.07) is 17.6. The standard InChI is InChI=1S/C24H30N6S/c1-30(2)22-14-15-25-23(29-22)27-19-10-12-20(13-11-19)28-24(31)26-16-18-8-5-7-17-6-3-4-9-21(17)18/h3-9,14-15,19-20H,10-13,16H2,1-2H3,(H,25,27,29)(H2,26,28,31). The van der Waals surface area contributed by atoms with Gasteiger partial charge in [-0.25, -0.2) is 4.98 Å². The highest BCUT2D eigenvalue weighted by Gasteiger charge is 2.22. The van der Waals surface area contributed by atoms with Gasteiger partial charge in [0.15, 0.2) is 5.11 Å². The Morgan fingerprint density at radius 1 is 1.00 bits per heavy atom. The molecule has 0 radical (unpaired) electrons. The Bertz CT molecular complexity index is 1020. The molecule has 2 aromatic carbocycles. The second-order valence-corrected chi connectivity index (χ2v) is 8.70. The first-order chi connectivity index (χ1) is 15.1. The minimum Gasteiger partial charge on any atom is -0.363 e. The maximum Gasteiger partial charge on any atom is 0.224 e. The van der Waals surface area contributed by atoms with Gasteiger partial charge in [-0.15, -0.1) is 0 Å². The van der Waals surface area contributed by atoms with Crippen LogP contribution in [0.2, 0.25) is 0 Å². The lowest BCUT2D eigenvalue weighted by Gasteiger charge is -2.30. The van der Waals surface area contributed by atoms with E-state index in [1.54, 1.807) is 6.20 Å². The zero-order valence-corrected chi connectivity index (χ0v) is 19.0. The van der Waals surface area contributed by atoms with Gasteiger partial charge in [-0.1, -0.05) is 42.5 Å². The van der Waals surface area contributed by atoms with E-state index in [9.17, 15) is 0 Å². The molecule has 0 atom stereocenters. The van der Waals surface area contributed by atoms with Crippen molar-refractivity contribution in [3.8, 4) is 0 Å². The van der Waals surface area contributed by atoms with Gasteiger partial charge in [0.1, 0.15) is 5.82 Å². The molecule has 1 aliphatic carbocycles. The Morgan fingerprint density at radius 3 is 2.55 bits per heavy atom. The number of rotatable bonds is 6. The average molecular weight is 435 g/mol. The van der Waals surface area contributed by atoms with E-state index >= 15 is 0 Å². The van der Waals surface area contributed by atoms with Gasteiger partial charge in [-0.2, -0.15) is 4.98 Å². The molecule has 1 aliphatic rings. The summed E-state index contributed by atoms with van der Waals surface area (Å²) in [7, 11) is 3.97. The summed E-state index contributed by atoms with van der Waals surface area (Å²) in [6.07, 6.45) is 6.08. The minimum atomic E-state index is 0.396.